The Bertz CT molecular complexity index is 29.0. The monoisotopic (exact) mass is 167 g/mol. The van der Waals surface area contributed by atoms with Gasteiger partial charge in [0.15, 0.2) is 0 Å². The molecule has 0 aliphatic carbocycles. The van der Waals surface area contributed by atoms with E-state index < -0.39 is 3.92 Å². The van der Waals surface area contributed by atoms with Gasteiger partial charge in [-0.2, -0.15) is 0 Å². The number of carbonyl (C=O) groups is 1. The first-order valence-electron chi connectivity index (χ1n) is 0.678. The summed E-state index contributed by atoms with van der Waals surface area (Å²) in [6.07, 6.45) is 0. The fourth-order valence-corrected chi connectivity index (χ4v) is 0. The molecule has 0 bridgehead atoms. The fourth-order valence-electron chi connectivity index (χ4n) is 0. The van der Waals surface area contributed by atoms with Crippen LogP contribution in [0, 0.1) is 0 Å². The zero-order valence-corrected chi connectivity index (χ0v) is 4.71. The van der Waals surface area contributed by atoms with Gasteiger partial charge < -0.3 is 0 Å². The molecule has 3 heteroatoms. The summed E-state index contributed by atoms with van der Waals surface area (Å²) in [4.78, 5) is 9.04. The summed E-state index contributed by atoms with van der Waals surface area (Å²) in [5.41, 5.74) is 0. The predicted molar refractivity (Wildman–Crippen MR) is 15.2 cm³/mol. The van der Waals surface area contributed by atoms with Crippen molar-refractivity contribution in [2.45, 2.75) is 0 Å². The van der Waals surface area contributed by atoms with E-state index in [-0.39, 0.29) is 0 Å². The van der Waals surface area contributed by atoms with Gasteiger partial charge in [0, 0.05) is 0 Å². The zero-order chi connectivity index (χ0) is 3.58. The second kappa shape index (κ2) is 1.59. The van der Waals surface area contributed by atoms with Crippen molar-refractivity contribution in [1.82, 2.24) is 0 Å². The van der Waals surface area contributed by atoms with Crippen molar-refractivity contribution in [3.63, 3.8) is 0 Å². The molecule has 0 fully saturated rings. The first kappa shape index (κ1) is 4.29. The van der Waals surface area contributed by atoms with Crippen molar-refractivity contribution >= 4 is 26.9 Å². The van der Waals surface area contributed by atoms with Crippen LogP contribution in [-0.4, -0.2) is 32.0 Å². The first-order chi connectivity index (χ1) is 1.73. The van der Waals surface area contributed by atoms with Crippen molar-refractivity contribution in [2.24, 2.45) is 0 Å². The average molecular weight is 168 g/mol. The number of hydrogen-bond acceptors (Lipinski definition) is 1. The van der Waals surface area contributed by atoms with Crippen molar-refractivity contribution in [3.05, 3.63) is 0 Å². The predicted octanol–water partition coefficient (Wildman–Crippen LogP) is -0.435. The molecule has 2 nitrogen and oxygen atoms in total. The molecular formula is CH2O2Sb. The Labute approximate surface area is 37.3 Å². The van der Waals surface area contributed by atoms with Crippen LogP contribution in [0.15, 0.2) is 0 Å². The average Bonchev–Trinajstić information content (AvgIpc) is 0.811. The Hall–Kier alpha value is 0.288. The molecule has 0 amide bonds. The molecule has 1 radical (unpaired) electrons. The summed E-state index contributed by atoms with van der Waals surface area (Å²) in [5.74, 6) is 0. The van der Waals surface area contributed by atoms with Crippen LogP contribution < -0.4 is 0 Å². The summed E-state index contributed by atoms with van der Waals surface area (Å²) < 4.78 is -0.743. The van der Waals surface area contributed by atoms with Gasteiger partial charge in [-0.15, -0.1) is 0 Å². The molecule has 0 heterocycles. The van der Waals surface area contributed by atoms with Gasteiger partial charge in [-0.3, -0.25) is 0 Å². The quantitative estimate of drug-likeness (QED) is 0.498. The number of hydrogen-bond donors (Lipinski definition) is 1. The van der Waals surface area contributed by atoms with Crippen molar-refractivity contribution in [1.29, 1.82) is 0 Å². The molecule has 0 saturated heterocycles. The van der Waals surface area contributed by atoms with Crippen LogP contribution in [0.3, 0.4) is 0 Å². The van der Waals surface area contributed by atoms with Gasteiger partial charge in [0.25, 0.3) is 0 Å². The van der Waals surface area contributed by atoms with Crippen LogP contribution in [0.1, 0.15) is 0 Å². The van der Waals surface area contributed by atoms with Crippen LogP contribution in [0.4, 0.5) is 4.79 Å². The topological polar surface area (TPSA) is 37.3 Å². The SMILES string of the molecule is O=[C](O)[SbH]. The molecule has 0 aliphatic heterocycles. The fraction of sp³-hybridized carbons (Fsp3) is 0. The Morgan fingerprint density at radius 3 is 2.00 bits per heavy atom. The molecule has 0 saturated carbocycles. The van der Waals surface area contributed by atoms with E-state index in [4.69, 9.17) is 9.90 Å². The van der Waals surface area contributed by atoms with Gasteiger partial charge in [0.2, 0.25) is 0 Å². The third-order valence-corrected chi connectivity index (χ3v) is 0. The molecule has 0 aromatic heterocycles. The first-order valence-corrected chi connectivity index (χ1v) is 2.10. The summed E-state index contributed by atoms with van der Waals surface area (Å²) in [7, 11) is 0. The van der Waals surface area contributed by atoms with Gasteiger partial charge >= 0.3 is 36.8 Å². The molecule has 23 valence electrons. The van der Waals surface area contributed by atoms with E-state index in [0.717, 1.165) is 0 Å². The van der Waals surface area contributed by atoms with E-state index in [1.165, 1.54) is 0 Å². The minimum atomic E-state index is -0.743. The van der Waals surface area contributed by atoms with E-state index in [2.05, 4.69) is 0 Å². The zero-order valence-electron chi connectivity index (χ0n) is 1.86. The van der Waals surface area contributed by atoms with E-state index in [0.29, 0.717) is 23.0 Å². The Morgan fingerprint density at radius 1 is 2.00 bits per heavy atom. The molecule has 4 heavy (non-hydrogen) atoms. The molecular weight excluding hydrogens is 166 g/mol. The van der Waals surface area contributed by atoms with Gasteiger partial charge in [-0.05, 0) is 0 Å². The van der Waals surface area contributed by atoms with Gasteiger partial charge in [-0.1, -0.05) is 0 Å². The van der Waals surface area contributed by atoms with Crippen molar-refractivity contribution in [2.75, 3.05) is 0 Å². The molecule has 0 unspecified atom stereocenters. The van der Waals surface area contributed by atoms with E-state index >= 15 is 0 Å². The van der Waals surface area contributed by atoms with Crippen LogP contribution in [0.2, 0.25) is 0 Å². The summed E-state index contributed by atoms with van der Waals surface area (Å²) >= 11 is 0.553. The normalized spacial score (nSPS) is 6.25. The number of carboxylic acid groups (broad SMARTS) is 1. The molecule has 1 N–H and O–H groups in total. The Balaban J connectivity index is 2.80. The van der Waals surface area contributed by atoms with Gasteiger partial charge in [0.05, 0.1) is 0 Å². The second-order valence-electron chi connectivity index (χ2n) is 0.305. The molecule has 0 spiro atoms. The maximum absolute atomic E-state index is 9.04. The van der Waals surface area contributed by atoms with Crippen molar-refractivity contribution < 1.29 is 9.90 Å². The molecule has 0 atom stereocenters. The third-order valence-electron chi connectivity index (χ3n) is 0. The van der Waals surface area contributed by atoms with Gasteiger partial charge in [0.1, 0.15) is 0 Å². The van der Waals surface area contributed by atoms with Gasteiger partial charge in [-0.25, -0.2) is 0 Å². The Kier molecular flexibility index (Phi) is 1.71. The minimum absolute atomic E-state index is 0.553. The molecule has 0 rings (SSSR count). The summed E-state index contributed by atoms with van der Waals surface area (Å²) in [6.45, 7) is 0. The van der Waals surface area contributed by atoms with E-state index in [9.17, 15) is 0 Å². The standard InChI is InChI=1S/CHO2.Sb.H/c2-1-3;;/h(H,2,3);;. The van der Waals surface area contributed by atoms with Crippen molar-refractivity contribution in [3.8, 4) is 0 Å². The van der Waals surface area contributed by atoms with E-state index in [1.807, 2.05) is 0 Å². The number of rotatable bonds is 0. The molecule has 0 aromatic carbocycles. The summed E-state index contributed by atoms with van der Waals surface area (Å²) in [5, 5.41) is 7.46. The second-order valence-corrected chi connectivity index (χ2v) is 1.53. The maximum atomic E-state index is 9.04. The van der Waals surface area contributed by atoms with Crippen LogP contribution >= 0.6 is 0 Å². The summed E-state index contributed by atoms with van der Waals surface area (Å²) in [6, 6.07) is 0. The Morgan fingerprint density at radius 2 is 2.00 bits per heavy atom. The van der Waals surface area contributed by atoms with Crippen LogP contribution in [0.5, 0.6) is 0 Å². The third kappa shape index (κ3) is 45.7. The molecule has 0 aliphatic rings. The van der Waals surface area contributed by atoms with E-state index in [1.54, 1.807) is 0 Å². The van der Waals surface area contributed by atoms with Crippen LogP contribution in [-0.2, 0) is 0 Å². The van der Waals surface area contributed by atoms with Crippen LogP contribution in [0.25, 0.3) is 0 Å². The molecule has 0 aromatic rings.